The van der Waals surface area contributed by atoms with E-state index in [1.807, 2.05) is 13.0 Å². The average molecular weight is 255 g/mol. The van der Waals surface area contributed by atoms with Crippen LogP contribution < -0.4 is 5.32 Å². The molecule has 0 saturated heterocycles. The first-order valence-corrected chi connectivity index (χ1v) is 7.84. The molecule has 1 rings (SSSR count). The highest BCUT2D eigenvalue weighted by Crippen LogP contribution is 2.21. The molecule has 0 aliphatic carbocycles. The van der Waals surface area contributed by atoms with Crippen molar-refractivity contribution in [3.63, 3.8) is 0 Å². The Kier molecular flexibility index (Phi) is 4.57. The Morgan fingerprint density at radius 3 is 2.29 bits per heavy atom. The summed E-state index contributed by atoms with van der Waals surface area (Å²) in [6.45, 7) is 6.23. The molecule has 0 fully saturated rings. The van der Waals surface area contributed by atoms with Crippen LogP contribution in [0.4, 0.5) is 5.69 Å². The zero-order valence-electron chi connectivity index (χ0n) is 10.9. The average Bonchev–Trinajstić information content (AvgIpc) is 2.26. The maximum atomic E-state index is 11.5. The van der Waals surface area contributed by atoms with Gasteiger partial charge in [0.2, 0.25) is 0 Å². The number of nitrogens with one attached hydrogen (secondary N) is 1. The normalized spacial score (nSPS) is 11.8. The monoisotopic (exact) mass is 255 g/mol. The van der Waals surface area contributed by atoms with Gasteiger partial charge in [0, 0.05) is 18.0 Å². The van der Waals surface area contributed by atoms with Crippen molar-refractivity contribution in [3.8, 4) is 0 Å². The molecule has 0 radical (unpaired) electrons. The number of benzene rings is 1. The van der Waals surface area contributed by atoms with Crippen LogP contribution in [-0.4, -0.2) is 20.7 Å². The van der Waals surface area contributed by atoms with Crippen molar-refractivity contribution in [2.75, 3.05) is 11.6 Å². The van der Waals surface area contributed by atoms with Crippen molar-refractivity contribution in [1.29, 1.82) is 0 Å². The summed E-state index contributed by atoms with van der Waals surface area (Å²) in [4.78, 5) is 0.372. The van der Waals surface area contributed by atoms with Gasteiger partial charge in [0.15, 0.2) is 9.84 Å². The van der Waals surface area contributed by atoms with Crippen LogP contribution in [0.2, 0.25) is 0 Å². The van der Waals surface area contributed by atoms with Crippen molar-refractivity contribution in [2.45, 2.75) is 44.6 Å². The Morgan fingerprint density at radius 2 is 1.82 bits per heavy atom. The highest BCUT2D eigenvalue weighted by atomic mass is 32.2. The molecule has 1 aromatic rings. The van der Waals surface area contributed by atoms with Gasteiger partial charge in [0.1, 0.15) is 0 Å². The van der Waals surface area contributed by atoms with E-state index in [0.29, 0.717) is 10.9 Å². The van der Waals surface area contributed by atoms with Crippen LogP contribution in [0, 0.1) is 6.92 Å². The lowest BCUT2D eigenvalue weighted by Crippen LogP contribution is -2.18. The van der Waals surface area contributed by atoms with Gasteiger partial charge in [0.05, 0.1) is 4.90 Å². The van der Waals surface area contributed by atoms with Crippen LogP contribution in [0.1, 0.15) is 32.3 Å². The van der Waals surface area contributed by atoms with Gasteiger partial charge >= 0.3 is 0 Å². The predicted molar refractivity (Wildman–Crippen MR) is 72.3 cm³/mol. The number of hydrogen-bond donors (Lipinski definition) is 1. The van der Waals surface area contributed by atoms with Crippen LogP contribution in [0.25, 0.3) is 0 Å². The molecular weight excluding hydrogens is 234 g/mol. The molecule has 0 unspecified atom stereocenters. The summed E-state index contributed by atoms with van der Waals surface area (Å²) in [6.07, 6.45) is 3.29. The molecule has 17 heavy (non-hydrogen) atoms. The summed E-state index contributed by atoms with van der Waals surface area (Å²) < 4.78 is 23.0. The number of hydrogen-bond acceptors (Lipinski definition) is 3. The van der Waals surface area contributed by atoms with Gasteiger partial charge in [-0.3, -0.25) is 0 Å². The second-order valence-electron chi connectivity index (χ2n) is 4.41. The largest absolute Gasteiger partial charge is 0.382 e. The van der Waals surface area contributed by atoms with E-state index >= 15 is 0 Å². The van der Waals surface area contributed by atoms with Gasteiger partial charge in [-0.2, -0.15) is 0 Å². The first-order valence-electron chi connectivity index (χ1n) is 5.95. The topological polar surface area (TPSA) is 46.2 Å². The first-order chi connectivity index (χ1) is 7.88. The third-order valence-electron chi connectivity index (χ3n) is 2.98. The lowest BCUT2D eigenvalue weighted by atomic mass is 10.1. The van der Waals surface area contributed by atoms with Crippen LogP contribution in [0.15, 0.2) is 23.1 Å². The van der Waals surface area contributed by atoms with Crippen molar-refractivity contribution in [2.24, 2.45) is 0 Å². The van der Waals surface area contributed by atoms with E-state index in [9.17, 15) is 8.42 Å². The molecule has 96 valence electrons. The van der Waals surface area contributed by atoms with Gasteiger partial charge < -0.3 is 5.32 Å². The Hall–Kier alpha value is -1.03. The summed E-state index contributed by atoms with van der Waals surface area (Å²) in [7, 11) is -3.13. The fraction of sp³-hybridized carbons (Fsp3) is 0.538. The predicted octanol–water partition coefficient (Wildman–Crippen LogP) is 3.00. The lowest BCUT2D eigenvalue weighted by molar-refractivity contribution is 0.602. The number of rotatable bonds is 5. The number of anilines is 1. The number of sulfone groups is 1. The van der Waals surface area contributed by atoms with E-state index in [1.165, 1.54) is 6.26 Å². The van der Waals surface area contributed by atoms with E-state index in [-0.39, 0.29) is 0 Å². The zero-order chi connectivity index (χ0) is 13.1. The Bertz CT molecular complexity index is 476. The molecule has 4 heteroatoms. The third kappa shape index (κ3) is 3.73. The fourth-order valence-corrected chi connectivity index (χ4v) is 2.35. The molecule has 3 nitrogen and oxygen atoms in total. The highest BCUT2D eigenvalue weighted by molar-refractivity contribution is 7.90. The summed E-state index contributed by atoms with van der Waals surface area (Å²) >= 11 is 0. The number of aryl methyl sites for hydroxylation is 1. The molecule has 1 N–H and O–H groups in total. The van der Waals surface area contributed by atoms with Crippen molar-refractivity contribution in [3.05, 3.63) is 23.8 Å². The summed E-state index contributed by atoms with van der Waals surface area (Å²) in [5.41, 5.74) is 1.99. The van der Waals surface area contributed by atoms with Crippen molar-refractivity contribution >= 4 is 15.5 Å². The molecule has 1 aromatic carbocycles. The Morgan fingerprint density at radius 1 is 1.24 bits per heavy atom. The molecule has 0 saturated carbocycles. The van der Waals surface area contributed by atoms with E-state index in [0.717, 1.165) is 24.1 Å². The standard InChI is InChI=1S/C13H21NO2S/c1-5-11(6-2)14-13-9-12(17(4,15)16)8-7-10(13)3/h7-9,11,14H,5-6H2,1-4H3. The Labute approximate surface area is 104 Å². The molecule has 0 aromatic heterocycles. The van der Waals surface area contributed by atoms with E-state index < -0.39 is 9.84 Å². The fourth-order valence-electron chi connectivity index (χ4n) is 1.70. The minimum absolute atomic E-state index is 0.372. The van der Waals surface area contributed by atoms with Crippen LogP contribution in [-0.2, 0) is 9.84 Å². The van der Waals surface area contributed by atoms with Gasteiger partial charge in [-0.05, 0) is 37.5 Å². The van der Waals surface area contributed by atoms with Gasteiger partial charge in [0.25, 0.3) is 0 Å². The minimum atomic E-state index is -3.13. The first kappa shape index (κ1) is 14.0. The van der Waals surface area contributed by atoms with E-state index in [4.69, 9.17) is 0 Å². The quantitative estimate of drug-likeness (QED) is 0.879. The minimum Gasteiger partial charge on any atom is -0.382 e. The molecule has 0 bridgehead atoms. The molecular formula is C13H21NO2S. The van der Waals surface area contributed by atoms with Crippen LogP contribution >= 0.6 is 0 Å². The zero-order valence-corrected chi connectivity index (χ0v) is 11.8. The summed E-state index contributed by atoms with van der Waals surface area (Å²) in [5.74, 6) is 0. The molecule has 0 heterocycles. The molecule has 0 amide bonds. The summed E-state index contributed by atoms with van der Waals surface area (Å²) in [5, 5.41) is 3.39. The van der Waals surface area contributed by atoms with E-state index in [1.54, 1.807) is 12.1 Å². The van der Waals surface area contributed by atoms with Crippen LogP contribution in [0.3, 0.4) is 0 Å². The maximum Gasteiger partial charge on any atom is 0.175 e. The highest BCUT2D eigenvalue weighted by Gasteiger charge is 2.11. The van der Waals surface area contributed by atoms with Gasteiger partial charge in [-0.15, -0.1) is 0 Å². The third-order valence-corrected chi connectivity index (χ3v) is 4.09. The molecule has 0 spiro atoms. The second kappa shape index (κ2) is 5.54. The lowest BCUT2D eigenvalue weighted by Gasteiger charge is -2.18. The molecule has 0 aliphatic rings. The molecule has 0 atom stereocenters. The maximum absolute atomic E-state index is 11.5. The Balaban J connectivity index is 3.07. The second-order valence-corrected chi connectivity index (χ2v) is 6.42. The van der Waals surface area contributed by atoms with Gasteiger partial charge in [-0.25, -0.2) is 8.42 Å². The van der Waals surface area contributed by atoms with Gasteiger partial charge in [-0.1, -0.05) is 19.9 Å². The SMILES string of the molecule is CCC(CC)Nc1cc(S(C)(=O)=O)ccc1C. The molecule has 0 aliphatic heterocycles. The van der Waals surface area contributed by atoms with Crippen molar-refractivity contribution < 1.29 is 8.42 Å². The van der Waals surface area contributed by atoms with E-state index in [2.05, 4.69) is 19.2 Å². The smallest absolute Gasteiger partial charge is 0.175 e. The summed E-state index contributed by atoms with van der Waals surface area (Å²) in [6, 6.07) is 5.62. The van der Waals surface area contributed by atoms with Crippen molar-refractivity contribution in [1.82, 2.24) is 0 Å². The van der Waals surface area contributed by atoms with Crippen LogP contribution in [0.5, 0.6) is 0 Å².